The van der Waals surface area contributed by atoms with Gasteiger partial charge < -0.3 is 10.6 Å². The maximum absolute atomic E-state index is 12.7. The Bertz CT molecular complexity index is 958. The first-order chi connectivity index (χ1) is 12.9. The zero-order chi connectivity index (χ0) is 19.5. The van der Waals surface area contributed by atoms with E-state index < -0.39 is 21.5 Å². The summed E-state index contributed by atoms with van der Waals surface area (Å²) in [5, 5.41) is 21.6. The summed E-state index contributed by atoms with van der Waals surface area (Å²) in [5.74, 6) is -0.0228. The fourth-order valence-electron chi connectivity index (χ4n) is 2.92. The molecule has 0 saturated carbocycles. The number of hydrogen-bond acceptors (Lipinski definition) is 6. The SMILES string of the molecule is CCS(=O)(=O)N1CC(CC#N)(NC(=O)c2cn[nH]c2Nc2ccccc2)C1. The minimum absolute atomic E-state index is 0.0174. The van der Waals surface area contributed by atoms with Crippen LogP contribution in [-0.4, -0.2) is 53.2 Å². The zero-order valence-corrected chi connectivity index (χ0v) is 15.6. The molecule has 2 heterocycles. The summed E-state index contributed by atoms with van der Waals surface area (Å²) < 4.78 is 25.2. The molecular weight excluding hydrogens is 368 g/mol. The average molecular weight is 388 g/mol. The summed E-state index contributed by atoms with van der Waals surface area (Å²) in [5.41, 5.74) is 0.175. The van der Waals surface area contributed by atoms with E-state index in [0.717, 1.165) is 5.69 Å². The van der Waals surface area contributed by atoms with E-state index in [0.29, 0.717) is 5.82 Å². The number of carbonyl (C=O) groups is 1. The Hall–Kier alpha value is -2.90. The van der Waals surface area contributed by atoms with Gasteiger partial charge in [-0.3, -0.25) is 9.89 Å². The normalized spacial score (nSPS) is 16.1. The van der Waals surface area contributed by atoms with E-state index in [1.807, 2.05) is 36.4 Å². The second-order valence-electron chi connectivity index (χ2n) is 6.39. The Kier molecular flexibility index (Phi) is 5.16. The molecule has 0 radical (unpaired) electrons. The molecule has 0 atom stereocenters. The van der Waals surface area contributed by atoms with Crippen LogP contribution in [0, 0.1) is 11.3 Å². The van der Waals surface area contributed by atoms with Crippen molar-refractivity contribution in [1.29, 1.82) is 5.26 Å². The predicted molar refractivity (Wildman–Crippen MR) is 99.8 cm³/mol. The number of aromatic nitrogens is 2. The third-order valence-corrected chi connectivity index (χ3v) is 6.21. The highest BCUT2D eigenvalue weighted by Crippen LogP contribution is 2.28. The van der Waals surface area contributed by atoms with Crippen LogP contribution >= 0.6 is 0 Å². The maximum Gasteiger partial charge on any atom is 0.257 e. The topological polar surface area (TPSA) is 131 Å². The summed E-state index contributed by atoms with van der Waals surface area (Å²) in [6.07, 6.45) is 1.41. The molecule has 2 aromatic rings. The molecule has 1 saturated heterocycles. The number of benzene rings is 1. The minimum atomic E-state index is -3.35. The van der Waals surface area contributed by atoms with Gasteiger partial charge in [0, 0.05) is 18.8 Å². The fraction of sp³-hybridized carbons (Fsp3) is 0.353. The maximum atomic E-state index is 12.7. The molecule has 142 valence electrons. The van der Waals surface area contributed by atoms with E-state index in [2.05, 4.69) is 20.8 Å². The van der Waals surface area contributed by atoms with Crippen molar-refractivity contribution in [2.24, 2.45) is 0 Å². The van der Waals surface area contributed by atoms with Gasteiger partial charge in [0.1, 0.15) is 11.4 Å². The lowest BCUT2D eigenvalue weighted by Crippen LogP contribution is -2.71. The van der Waals surface area contributed by atoms with Gasteiger partial charge in [-0.15, -0.1) is 0 Å². The highest BCUT2D eigenvalue weighted by Gasteiger charge is 2.48. The number of carbonyl (C=O) groups excluding carboxylic acids is 1. The lowest BCUT2D eigenvalue weighted by molar-refractivity contribution is 0.0742. The van der Waals surface area contributed by atoms with Crippen molar-refractivity contribution in [2.75, 3.05) is 24.2 Å². The molecule has 1 aliphatic heterocycles. The molecule has 10 heteroatoms. The van der Waals surface area contributed by atoms with Crippen molar-refractivity contribution in [3.8, 4) is 6.07 Å². The molecule has 1 fully saturated rings. The van der Waals surface area contributed by atoms with Crippen molar-refractivity contribution < 1.29 is 13.2 Å². The molecule has 0 spiro atoms. The van der Waals surface area contributed by atoms with Crippen LogP contribution in [0.3, 0.4) is 0 Å². The van der Waals surface area contributed by atoms with Crippen LogP contribution in [0.4, 0.5) is 11.5 Å². The standard InChI is InChI=1S/C17H20N6O3S/c1-2-27(25,26)23-11-17(12-23,8-9-18)21-16(24)14-10-19-22-15(14)20-13-6-4-3-5-7-13/h3-7,10H,2,8,11-12H2,1H3,(H,21,24)(H2,19,20,22). The number of nitrogens with zero attached hydrogens (tertiary/aromatic N) is 3. The van der Waals surface area contributed by atoms with E-state index in [-0.39, 0.29) is 30.8 Å². The molecule has 9 nitrogen and oxygen atoms in total. The molecule has 1 aliphatic rings. The number of hydrogen-bond donors (Lipinski definition) is 3. The van der Waals surface area contributed by atoms with Gasteiger partial charge in [0.15, 0.2) is 0 Å². The van der Waals surface area contributed by atoms with Gasteiger partial charge in [0.25, 0.3) is 5.91 Å². The van der Waals surface area contributed by atoms with Crippen LogP contribution in [-0.2, 0) is 10.0 Å². The van der Waals surface area contributed by atoms with Crippen molar-refractivity contribution >= 4 is 27.4 Å². The van der Waals surface area contributed by atoms with E-state index in [1.54, 1.807) is 6.92 Å². The third-order valence-electron chi connectivity index (χ3n) is 4.44. The molecule has 1 aromatic carbocycles. The van der Waals surface area contributed by atoms with Gasteiger partial charge in [0.05, 0.1) is 30.0 Å². The zero-order valence-electron chi connectivity index (χ0n) is 14.8. The number of rotatable bonds is 7. The van der Waals surface area contributed by atoms with E-state index in [9.17, 15) is 13.2 Å². The summed E-state index contributed by atoms with van der Waals surface area (Å²) >= 11 is 0. The predicted octanol–water partition coefficient (Wildman–Crippen LogP) is 1.20. The van der Waals surface area contributed by atoms with Crippen LogP contribution in [0.2, 0.25) is 0 Å². The molecule has 0 aliphatic carbocycles. The minimum Gasteiger partial charge on any atom is -0.343 e. The molecule has 3 N–H and O–H groups in total. The van der Waals surface area contributed by atoms with E-state index >= 15 is 0 Å². The highest BCUT2D eigenvalue weighted by atomic mass is 32.2. The first kappa shape index (κ1) is 18.9. The lowest BCUT2D eigenvalue weighted by atomic mass is 9.88. The number of anilines is 2. The van der Waals surface area contributed by atoms with Crippen LogP contribution in [0.25, 0.3) is 0 Å². The number of para-hydroxylation sites is 1. The summed E-state index contributed by atoms with van der Waals surface area (Å²) in [6.45, 7) is 1.73. The third kappa shape index (κ3) is 3.94. The van der Waals surface area contributed by atoms with Crippen molar-refractivity contribution in [3.63, 3.8) is 0 Å². The van der Waals surface area contributed by atoms with E-state index in [4.69, 9.17) is 5.26 Å². The van der Waals surface area contributed by atoms with Gasteiger partial charge >= 0.3 is 0 Å². The van der Waals surface area contributed by atoms with Gasteiger partial charge in [-0.1, -0.05) is 18.2 Å². The van der Waals surface area contributed by atoms with Crippen molar-refractivity contribution in [2.45, 2.75) is 18.9 Å². The quantitative estimate of drug-likeness (QED) is 0.653. The van der Waals surface area contributed by atoms with Gasteiger partial charge in [-0.05, 0) is 19.1 Å². The molecule has 0 bridgehead atoms. The molecule has 1 aromatic heterocycles. The van der Waals surface area contributed by atoms with E-state index in [1.165, 1.54) is 10.5 Å². The second-order valence-corrected chi connectivity index (χ2v) is 8.65. The number of nitrogens with one attached hydrogen (secondary N) is 3. The number of amides is 1. The first-order valence-electron chi connectivity index (χ1n) is 8.42. The number of sulfonamides is 1. The second kappa shape index (κ2) is 7.38. The Labute approximate surface area is 157 Å². The molecule has 3 rings (SSSR count). The van der Waals surface area contributed by atoms with Gasteiger partial charge in [0.2, 0.25) is 10.0 Å². The summed E-state index contributed by atoms with van der Waals surface area (Å²) in [6, 6.07) is 11.3. The largest absolute Gasteiger partial charge is 0.343 e. The number of nitriles is 1. The number of aromatic amines is 1. The average Bonchev–Trinajstić information content (AvgIpc) is 3.08. The molecule has 1 amide bonds. The Balaban J connectivity index is 1.73. The highest BCUT2D eigenvalue weighted by molar-refractivity contribution is 7.89. The van der Waals surface area contributed by atoms with Crippen LogP contribution in [0.15, 0.2) is 36.5 Å². The monoisotopic (exact) mass is 388 g/mol. The van der Waals surface area contributed by atoms with Gasteiger partial charge in [-0.25, -0.2) is 8.42 Å². The molecule has 27 heavy (non-hydrogen) atoms. The Morgan fingerprint density at radius 2 is 2.07 bits per heavy atom. The number of H-pyrrole nitrogens is 1. The molecule has 0 unspecified atom stereocenters. The lowest BCUT2D eigenvalue weighted by Gasteiger charge is -2.48. The van der Waals surface area contributed by atoms with Crippen molar-refractivity contribution in [1.82, 2.24) is 19.8 Å². The van der Waals surface area contributed by atoms with Crippen LogP contribution in [0.5, 0.6) is 0 Å². The van der Waals surface area contributed by atoms with Crippen LogP contribution < -0.4 is 10.6 Å². The Morgan fingerprint density at radius 3 is 2.70 bits per heavy atom. The first-order valence-corrected chi connectivity index (χ1v) is 10.0. The summed E-state index contributed by atoms with van der Waals surface area (Å²) in [4.78, 5) is 12.7. The molecular formula is C17H20N6O3S. The van der Waals surface area contributed by atoms with Gasteiger partial charge in [-0.2, -0.15) is 14.7 Å². The Morgan fingerprint density at radius 1 is 1.37 bits per heavy atom. The summed E-state index contributed by atoms with van der Waals surface area (Å²) in [7, 11) is -3.35. The fourth-order valence-corrected chi connectivity index (χ4v) is 4.17. The van der Waals surface area contributed by atoms with Crippen LogP contribution in [0.1, 0.15) is 23.7 Å². The smallest absolute Gasteiger partial charge is 0.257 e. The van der Waals surface area contributed by atoms with Crippen molar-refractivity contribution in [3.05, 3.63) is 42.1 Å².